The Bertz CT molecular complexity index is 632. The number of carbonyl (C=O) groups excluding carboxylic acids is 1. The quantitative estimate of drug-likeness (QED) is 0.795. The first-order chi connectivity index (χ1) is 8.99. The second-order valence-electron chi connectivity index (χ2n) is 3.65. The van der Waals surface area contributed by atoms with Crippen molar-refractivity contribution in [1.29, 1.82) is 0 Å². The minimum Gasteiger partial charge on any atom is -0.397 e. The molecule has 1 aromatic carbocycles. The van der Waals surface area contributed by atoms with Crippen LogP contribution < -0.4 is 11.1 Å². The molecule has 2 aromatic rings. The van der Waals surface area contributed by atoms with Crippen LogP contribution in [0.1, 0.15) is 10.5 Å². The summed E-state index contributed by atoms with van der Waals surface area (Å²) in [5.74, 6) is -0.389. The minimum atomic E-state index is -0.389. The first kappa shape index (κ1) is 14.1. The van der Waals surface area contributed by atoms with Crippen LogP contribution in [0, 0.1) is 0 Å². The zero-order valence-electron chi connectivity index (χ0n) is 9.45. The fourth-order valence-electron chi connectivity index (χ4n) is 1.35. The van der Waals surface area contributed by atoms with Gasteiger partial charge in [0, 0.05) is 4.47 Å². The van der Waals surface area contributed by atoms with Crippen LogP contribution in [-0.4, -0.2) is 10.9 Å². The molecule has 0 fully saturated rings. The number of pyridine rings is 1. The van der Waals surface area contributed by atoms with E-state index in [2.05, 4.69) is 26.2 Å². The minimum absolute atomic E-state index is 0.240. The number of hydrogen-bond donors (Lipinski definition) is 2. The Morgan fingerprint density at radius 1 is 1.21 bits per heavy atom. The van der Waals surface area contributed by atoms with Gasteiger partial charge in [0.15, 0.2) is 0 Å². The summed E-state index contributed by atoms with van der Waals surface area (Å²) in [6, 6.07) is 6.46. The molecular formula is C12H8BrCl2N3O. The zero-order chi connectivity index (χ0) is 14.0. The molecular weight excluding hydrogens is 353 g/mol. The van der Waals surface area contributed by atoms with Crippen molar-refractivity contribution < 1.29 is 4.79 Å². The number of nitrogens with zero attached hydrogens (tertiary/aromatic N) is 1. The molecule has 98 valence electrons. The van der Waals surface area contributed by atoms with E-state index in [1.165, 1.54) is 12.3 Å². The summed E-state index contributed by atoms with van der Waals surface area (Å²) in [4.78, 5) is 15.9. The molecule has 1 aromatic heterocycles. The van der Waals surface area contributed by atoms with Gasteiger partial charge >= 0.3 is 0 Å². The molecule has 0 atom stereocenters. The van der Waals surface area contributed by atoms with Gasteiger partial charge in [-0.05, 0) is 40.2 Å². The molecule has 2 rings (SSSR count). The average molecular weight is 361 g/mol. The molecule has 4 nitrogen and oxygen atoms in total. The van der Waals surface area contributed by atoms with Gasteiger partial charge in [-0.25, -0.2) is 4.98 Å². The van der Waals surface area contributed by atoms with Crippen LogP contribution in [0.25, 0.3) is 0 Å². The van der Waals surface area contributed by atoms with E-state index in [0.29, 0.717) is 20.9 Å². The van der Waals surface area contributed by atoms with Gasteiger partial charge in [0.05, 0.1) is 27.6 Å². The number of amides is 1. The molecule has 0 unspecified atom stereocenters. The molecule has 0 radical (unpaired) electrons. The maximum atomic E-state index is 11.9. The Morgan fingerprint density at radius 3 is 2.58 bits per heavy atom. The number of nitrogen functional groups attached to an aromatic ring is 1. The van der Waals surface area contributed by atoms with Gasteiger partial charge in [-0.3, -0.25) is 4.79 Å². The summed E-state index contributed by atoms with van der Waals surface area (Å²) in [5, 5.41) is 3.24. The molecule has 0 bridgehead atoms. The maximum Gasteiger partial charge on any atom is 0.274 e. The maximum absolute atomic E-state index is 11.9. The number of aromatic nitrogens is 1. The van der Waals surface area contributed by atoms with Gasteiger partial charge in [-0.15, -0.1) is 0 Å². The largest absolute Gasteiger partial charge is 0.397 e. The molecule has 0 spiro atoms. The van der Waals surface area contributed by atoms with Crippen molar-refractivity contribution in [1.82, 2.24) is 4.98 Å². The van der Waals surface area contributed by atoms with E-state index in [9.17, 15) is 4.79 Å². The van der Waals surface area contributed by atoms with Crippen LogP contribution in [-0.2, 0) is 0 Å². The SMILES string of the molecule is Nc1ccc(C(=O)Nc2ccc(Br)c(Cl)c2Cl)nc1. The number of benzene rings is 1. The lowest BCUT2D eigenvalue weighted by molar-refractivity contribution is 0.102. The van der Waals surface area contributed by atoms with Crippen molar-refractivity contribution in [2.24, 2.45) is 0 Å². The van der Waals surface area contributed by atoms with Crippen LogP contribution in [0.4, 0.5) is 11.4 Å². The van der Waals surface area contributed by atoms with E-state index in [1.54, 1.807) is 18.2 Å². The molecule has 0 saturated heterocycles. The summed E-state index contributed by atoms with van der Waals surface area (Å²) in [6.07, 6.45) is 1.41. The lowest BCUT2D eigenvalue weighted by Gasteiger charge is -2.09. The van der Waals surface area contributed by atoms with Crippen molar-refractivity contribution in [3.63, 3.8) is 0 Å². The third-order valence-corrected chi connectivity index (χ3v) is 4.07. The predicted molar refractivity (Wildman–Crippen MR) is 80.8 cm³/mol. The van der Waals surface area contributed by atoms with E-state index in [-0.39, 0.29) is 16.6 Å². The number of halogens is 3. The van der Waals surface area contributed by atoms with Gasteiger partial charge < -0.3 is 11.1 Å². The summed E-state index contributed by atoms with van der Waals surface area (Å²) < 4.78 is 0.655. The van der Waals surface area contributed by atoms with E-state index in [0.717, 1.165) is 0 Å². The monoisotopic (exact) mass is 359 g/mol. The van der Waals surface area contributed by atoms with Gasteiger partial charge in [-0.2, -0.15) is 0 Å². The Balaban J connectivity index is 2.24. The smallest absolute Gasteiger partial charge is 0.274 e. The van der Waals surface area contributed by atoms with Crippen molar-refractivity contribution in [2.45, 2.75) is 0 Å². The first-order valence-electron chi connectivity index (χ1n) is 5.15. The highest BCUT2D eigenvalue weighted by molar-refractivity contribution is 9.10. The molecule has 0 saturated carbocycles. The average Bonchev–Trinajstić information content (AvgIpc) is 2.40. The number of anilines is 2. The van der Waals surface area contributed by atoms with Gasteiger partial charge in [-0.1, -0.05) is 23.2 Å². The number of hydrogen-bond acceptors (Lipinski definition) is 3. The normalized spacial score (nSPS) is 10.3. The summed E-state index contributed by atoms with van der Waals surface area (Å²) in [6.45, 7) is 0. The van der Waals surface area contributed by atoms with E-state index in [4.69, 9.17) is 28.9 Å². The molecule has 19 heavy (non-hydrogen) atoms. The number of carbonyl (C=O) groups is 1. The highest BCUT2D eigenvalue weighted by Gasteiger charge is 2.13. The Labute approximate surface area is 128 Å². The Kier molecular flexibility index (Phi) is 4.29. The molecule has 3 N–H and O–H groups in total. The third kappa shape index (κ3) is 3.18. The predicted octanol–water partition coefficient (Wildman–Crippen LogP) is 3.99. The van der Waals surface area contributed by atoms with Crippen LogP contribution >= 0.6 is 39.1 Å². The fraction of sp³-hybridized carbons (Fsp3) is 0. The Morgan fingerprint density at radius 2 is 1.95 bits per heavy atom. The molecule has 7 heteroatoms. The van der Waals surface area contributed by atoms with E-state index < -0.39 is 0 Å². The second kappa shape index (κ2) is 5.77. The standard InChI is InChI=1S/C12H8BrCl2N3O/c13-7-2-4-8(11(15)10(7)14)18-12(19)9-3-1-6(16)5-17-9/h1-5H,16H2,(H,18,19). The third-order valence-electron chi connectivity index (χ3n) is 2.30. The Hall–Kier alpha value is -1.30. The molecule has 0 aliphatic carbocycles. The summed E-state index contributed by atoms with van der Waals surface area (Å²) in [7, 11) is 0. The summed E-state index contributed by atoms with van der Waals surface area (Å²) in [5.41, 5.74) is 6.64. The fourth-order valence-corrected chi connectivity index (χ4v) is 2.17. The van der Waals surface area contributed by atoms with E-state index in [1.807, 2.05) is 0 Å². The van der Waals surface area contributed by atoms with Gasteiger partial charge in [0.1, 0.15) is 5.69 Å². The highest BCUT2D eigenvalue weighted by atomic mass is 79.9. The van der Waals surface area contributed by atoms with Crippen molar-refractivity contribution in [3.8, 4) is 0 Å². The number of nitrogens with one attached hydrogen (secondary N) is 1. The second-order valence-corrected chi connectivity index (χ2v) is 5.26. The van der Waals surface area contributed by atoms with Crippen molar-refractivity contribution in [3.05, 3.63) is 50.7 Å². The lowest BCUT2D eigenvalue weighted by Crippen LogP contribution is -2.14. The number of nitrogens with two attached hydrogens (primary N) is 1. The van der Waals surface area contributed by atoms with Crippen LogP contribution in [0.5, 0.6) is 0 Å². The molecule has 0 aliphatic rings. The first-order valence-corrected chi connectivity index (χ1v) is 6.70. The van der Waals surface area contributed by atoms with Crippen molar-refractivity contribution in [2.75, 3.05) is 11.1 Å². The molecule has 0 aliphatic heterocycles. The van der Waals surface area contributed by atoms with Crippen LogP contribution in [0.3, 0.4) is 0 Å². The number of rotatable bonds is 2. The van der Waals surface area contributed by atoms with E-state index >= 15 is 0 Å². The highest BCUT2D eigenvalue weighted by Crippen LogP contribution is 2.35. The molecule has 1 heterocycles. The van der Waals surface area contributed by atoms with Gasteiger partial charge in [0.25, 0.3) is 5.91 Å². The molecule has 1 amide bonds. The summed E-state index contributed by atoms with van der Waals surface area (Å²) >= 11 is 15.3. The van der Waals surface area contributed by atoms with Crippen molar-refractivity contribution >= 4 is 56.4 Å². The zero-order valence-corrected chi connectivity index (χ0v) is 12.6. The van der Waals surface area contributed by atoms with Crippen LogP contribution in [0.2, 0.25) is 10.0 Å². The van der Waals surface area contributed by atoms with Crippen LogP contribution in [0.15, 0.2) is 34.9 Å². The lowest BCUT2D eigenvalue weighted by atomic mass is 10.3. The topological polar surface area (TPSA) is 68.0 Å². The van der Waals surface area contributed by atoms with Gasteiger partial charge in [0.2, 0.25) is 0 Å².